The van der Waals surface area contributed by atoms with Crippen LogP contribution in [0, 0.1) is 19.7 Å². The fourth-order valence-electron chi connectivity index (χ4n) is 2.83. The first-order valence-corrected chi connectivity index (χ1v) is 9.39. The van der Waals surface area contributed by atoms with Gasteiger partial charge in [0, 0.05) is 11.3 Å². The van der Waals surface area contributed by atoms with Gasteiger partial charge in [0.05, 0.1) is 11.4 Å². The zero-order chi connectivity index (χ0) is 18.8. The van der Waals surface area contributed by atoms with Crippen LogP contribution in [0.5, 0.6) is 0 Å². The van der Waals surface area contributed by atoms with Gasteiger partial charge < -0.3 is 4.42 Å². The Balaban J connectivity index is 1.51. The summed E-state index contributed by atoms with van der Waals surface area (Å²) in [5.41, 5.74) is 4.80. The van der Waals surface area contributed by atoms with Gasteiger partial charge in [0.15, 0.2) is 5.16 Å². The van der Waals surface area contributed by atoms with Gasteiger partial charge in [0.2, 0.25) is 5.89 Å². The molecule has 0 N–H and O–H groups in total. The molecule has 136 valence electrons. The molecule has 0 aliphatic carbocycles. The first kappa shape index (κ1) is 17.5. The van der Waals surface area contributed by atoms with Gasteiger partial charge in [-0.3, -0.25) is 4.57 Å². The Morgan fingerprint density at radius 3 is 2.85 bits per heavy atom. The Bertz CT molecular complexity index is 1090. The maximum absolute atomic E-state index is 13.4. The molecule has 2 aromatic heterocycles. The number of hydrogen-bond donors (Lipinski definition) is 0. The third-order valence-electron chi connectivity index (χ3n) is 4.10. The Hall–Kier alpha value is -2.93. The lowest BCUT2D eigenvalue weighted by molar-refractivity contribution is 0.571. The van der Waals surface area contributed by atoms with E-state index >= 15 is 0 Å². The van der Waals surface area contributed by atoms with Crippen LogP contribution < -0.4 is 0 Å². The van der Waals surface area contributed by atoms with E-state index in [1.807, 2.05) is 4.57 Å². The molecule has 4 rings (SSSR count). The van der Waals surface area contributed by atoms with E-state index in [4.69, 9.17) is 4.42 Å². The van der Waals surface area contributed by atoms with Crippen molar-refractivity contribution in [3.63, 3.8) is 0 Å². The van der Waals surface area contributed by atoms with Crippen molar-refractivity contribution < 1.29 is 8.81 Å². The molecule has 27 heavy (non-hydrogen) atoms. The molecular weight excluding hydrogens is 363 g/mol. The summed E-state index contributed by atoms with van der Waals surface area (Å²) in [6.45, 7) is 4.14. The van der Waals surface area contributed by atoms with Crippen LogP contribution in [0.1, 0.15) is 16.8 Å². The highest BCUT2D eigenvalue weighted by Crippen LogP contribution is 2.27. The standard InChI is InChI=1S/C20H17FN4OS/c1-13-6-7-18(14(2)8-13)25-12-22-24-20(25)27-11-17-10-26-19(23-17)15-4-3-5-16(21)9-15/h3-10,12H,11H2,1-2H3. The van der Waals surface area contributed by atoms with E-state index in [1.165, 1.54) is 29.5 Å². The van der Waals surface area contributed by atoms with E-state index in [2.05, 4.69) is 47.2 Å². The van der Waals surface area contributed by atoms with E-state index in [9.17, 15) is 4.39 Å². The molecule has 4 aromatic rings. The van der Waals surface area contributed by atoms with Crippen molar-refractivity contribution in [1.82, 2.24) is 19.7 Å². The summed E-state index contributed by atoms with van der Waals surface area (Å²) in [7, 11) is 0. The normalized spacial score (nSPS) is 11.1. The van der Waals surface area contributed by atoms with Crippen molar-refractivity contribution >= 4 is 11.8 Å². The molecule has 0 fully saturated rings. The highest BCUT2D eigenvalue weighted by Gasteiger charge is 2.12. The van der Waals surface area contributed by atoms with Crippen molar-refractivity contribution in [3.8, 4) is 17.1 Å². The van der Waals surface area contributed by atoms with Gasteiger partial charge >= 0.3 is 0 Å². The molecule has 0 spiro atoms. The van der Waals surface area contributed by atoms with Gasteiger partial charge in [0.1, 0.15) is 18.4 Å². The second-order valence-corrected chi connectivity index (χ2v) is 7.16. The van der Waals surface area contributed by atoms with Gasteiger partial charge in [-0.15, -0.1) is 10.2 Å². The number of hydrogen-bond acceptors (Lipinski definition) is 5. The predicted molar refractivity (Wildman–Crippen MR) is 102 cm³/mol. The van der Waals surface area contributed by atoms with Crippen LogP contribution in [0.15, 0.2) is 64.6 Å². The van der Waals surface area contributed by atoms with E-state index in [0.717, 1.165) is 22.1 Å². The van der Waals surface area contributed by atoms with Crippen molar-refractivity contribution in [3.05, 3.63) is 77.7 Å². The number of aromatic nitrogens is 4. The number of benzene rings is 2. The first-order chi connectivity index (χ1) is 13.1. The first-order valence-electron chi connectivity index (χ1n) is 8.41. The van der Waals surface area contributed by atoms with Crippen LogP contribution in [-0.2, 0) is 5.75 Å². The van der Waals surface area contributed by atoms with E-state index in [-0.39, 0.29) is 5.82 Å². The molecule has 0 saturated carbocycles. The molecular formula is C20H17FN4OS. The van der Waals surface area contributed by atoms with Crippen molar-refractivity contribution in [2.75, 3.05) is 0 Å². The minimum atomic E-state index is -0.316. The third-order valence-corrected chi connectivity index (χ3v) is 5.08. The van der Waals surface area contributed by atoms with E-state index in [1.54, 1.807) is 24.7 Å². The monoisotopic (exact) mass is 380 g/mol. The third kappa shape index (κ3) is 3.78. The van der Waals surface area contributed by atoms with E-state index < -0.39 is 0 Å². The van der Waals surface area contributed by atoms with Crippen molar-refractivity contribution in [1.29, 1.82) is 0 Å². The van der Waals surface area contributed by atoms with Crippen LogP contribution >= 0.6 is 11.8 Å². The molecule has 2 heterocycles. The summed E-state index contributed by atoms with van der Waals surface area (Å²) in [5, 5.41) is 9.03. The van der Waals surface area contributed by atoms with Crippen LogP contribution in [0.4, 0.5) is 4.39 Å². The molecule has 0 unspecified atom stereocenters. The molecule has 0 aliphatic heterocycles. The van der Waals surface area contributed by atoms with Crippen LogP contribution in [-0.4, -0.2) is 19.7 Å². The number of rotatable bonds is 5. The molecule has 0 amide bonds. The van der Waals surface area contributed by atoms with Gasteiger partial charge in [-0.1, -0.05) is 35.5 Å². The van der Waals surface area contributed by atoms with Gasteiger partial charge in [-0.05, 0) is 43.7 Å². The summed E-state index contributed by atoms with van der Waals surface area (Å²) < 4.78 is 20.8. The summed E-state index contributed by atoms with van der Waals surface area (Å²) in [6.07, 6.45) is 3.30. The average molecular weight is 380 g/mol. The SMILES string of the molecule is Cc1ccc(-n2cnnc2SCc2coc(-c3cccc(F)c3)n2)c(C)c1. The fraction of sp³-hybridized carbons (Fsp3) is 0.150. The molecule has 0 saturated heterocycles. The smallest absolute Gasteiger partial charge is 0.226 e. The minimum absolute atomic E-state index is 0.316. The Labute approximate surface area is 160 Å². The second-order valence-electron chi connectivity index (χ2n) is 6.22. The molecule has 5 nitrogen and oxygen atoms in total. The molecule has 0 radical (unpaired) electrons. The summed E-state index contributed by atoms with van der Waals surface area (Å²) in [4.78, 5) is 4.44. The van der Waals surface area contributed by atoms with Gasteiger partial charge in [0.25, 0.3) is 0 Å². The molecule has 7 heteroatoms. The van der Waals surface area contributed by atoms with Crippen molar-refractivity contribution in [2.45, 2.75) is 24.8 Å². The number of oxazole rings is 1. The molecule has 0 atom stereocenters. The van der Waals surface area contributed by atoms with Gasteiger partial charge in [-0.2, -0.15) is 0 Å². The number of aryl methyl sites for hydroxylation is 2. The number of halogens is 1. The highest BCUT2D eigenvalue weighted by molar-refractivity contribution is 7.98. The summed E-state index contributed by atoms with van der Waals surface area (Å²) in [6, 6.07) is 12.5. The van der Waals surface area contributed by atoms with Crippen LogP contribution in [0.3, 0.4) is 0 Å². The topological polar surface area (TPSA) is 56.7 Å². The summed E-state index contributed by atoms with van der Waals surface area (Å²) in [5.74, 6) is 0.659. The molecule has 0 bridgehead atoms. The lowest BCUT2D eigenvalue weighted by Crippen LogP contribution is -1.98. The molecule has 0 aliphatic rings. The lowest BCUT2D eigenvalue weighted by Gasteiger charge is -2.09. The maximum Gasteiger partial charge on any atom is 0.226 e. The maximum atomic E-state index is 13.4. The Morgan fingerprint density at radius 2 is 2.04 bits per heavy atom. The fourth-order valence-corrected chi connectivity index (χ4v) is 3.63. The van der Waals surface area contributed by atoms with Gasteiger partial charge in [-0.25, -0.2) is 9.37 Å². The Morgan fingerprint density at radius 1 is 1.15 bits per heavy atom. The summed E-state index contributed by atoms with van der Waals surface area (Å²) >= 11 is 1.52. The predicted octanol–water partition coefficient (Wildman–Crippen LogP) is 4.97. The largest absolute Gasteiger partial charge is 0.444 e. The lowest BCUT2D eigenvalue weighted by atomic mass is 10.1. The quantitative estimate of drug-likeness (QED) is 0.458. The van der Waals surface area contributed by atoms with Crippen molar-refractivity contribution in [2.24, 2.45) is 0 Å². The van der Waals surface area contributed by atoms with E-state index in [0.29, 0.717) is 17.2 Å². The number of nitrogens with zero attached hydrogens (tertiary/aromatic N) is 4. The molecule has 2 aromatic carbocycles. The highest BCUT2D eigenvalue weighted by atomic mass is 32.2. The second kappa shape index (κ2) is 7.36. The Kier molecular flexibility index (Phi) is 4.77. The minimum Gasteiger partial charge on any atom is -0.444 e. The van der Waals surface area contributed by atoms with Crippen LogP contribution in [0.2, 0.25) is 0 Å². The number of thioether (sulfide) groups is 1. The average Bonchev–Trinajstić information content (AvgIpc) is 3.29. The zero-order valence-corrected chi connectivity index (χ0v) is 15.7. The van der Waals surface area contributed by atoms with Crippen LogP contribution in [0.25, 0.3) is 17.1 Å². The zero-order valence-electron chi connectivity index (χ0n) is 14.9.